The molecule has 114 valence electrons. The number of nitrogens with zero attached hydrogens (tertiary/aromatic N) is 2. The average Bonchev–Trinajstić information content (AvgIpc) is 3.14. The molecule has 1 unspecified atom stereocenters. The van der Waals surface area contributed by atoms with Crippen LogP contribution < -0.4 is 4.90 Å². The van der Waals surface area contributed by atoms with Gasteiger partial charge in [-0.15, -0.1) is 11.3 Å². The number of thiazole rings is 1. The Kier molecular flexibility index (Phi) is 4.26. The molecule has 1 fully saturated rings. The molecule has 0 radical (unpaired) electrons. The molecule has 1 aliphatic heterocycles. The maximum absolute atomic E-state index is 12.1. The zero-order valence-corrected chi connectivity index (χ0v) is 14.2. The lowest BCUT2D eigenvalue weighted by Crippen LogP contribution is -2.26. The molecule has 5 nitrogen and oxygen atoms in total. The van der Waals surface area contributed by atoms with Crippen molar-refractivity contribution < 1.29 is 14.3 Å². The molecule has 1 aliphatic rings. The molecule has 22 heavy (non-hydrogen) atoms. The Morgan fingerprint density at radius 1 is 1.41 bits per heavy atom. The standard InChI is InChI=1S/C15H13BrN2O3S/c1-21-14(20)10-6-13(19)18(7-10)15-17-12(8-22-15)9-2-4-11(16)5-3-9/h2-5,8,10H,6-7H2,1H3. The first-order valence-electron chi connectivity index (χ1n) is 6.68. The lowest BCUT2D eigenvalue weighted by atomic mass is 10.1. The Bertz CT molecular complexity index is 714. The summed E-state index contributed by atoms with van der Waals surface area (Å²) in [6.45, 7) is 0.332. The van der Waals surface area contributed by atoms with Crippen LogP contribution in [-0.2, 0) is 14.3 Å². The molecule has 0 saturated carbocycles. The number of carbonyl (C=O) groups excluding carboxylic acids is 2. The van der Waals surface area contributed by atoms with Crippen molar-refractivity contribution in [1.82, 2.24) is 4.98 Å². The number of esters is 1. The van der Waals surface area contributed by atoms with Crippen molar-refractivity contribution in [1.29, 1.82) is 0 Å². The van der Waals surface area contributed by atoms with E-state index in [0.29, 0.717) is 11.7 Å². The van der Waals surface area contributed by atoms with Crippen LogP contribution in [0.5, 0.6) is 0 Å². The largest absolute Gasteiger partial charge is 0.469 e. The Labute approximate surface area is 140 Å². The molecule has 1 atom stereocenters. The highest BCUT2D eigenvalue weighted by Gasteiger charge is 2.37. The number of rotatable bonds is 3. The van der Waals surface area contributed by atoms with Gasteiger partial charge in [0.25, 0.3) is 0 Å². The topological polar surface area (TPSA) is 59.5 Å². The second kappa shape index (κ2) is 6.18. The van der Waals surface area contributed by atoms with Crippen LogP contribution in [0.1, 0.15) is 6.42 Å². The normalized spacial score (nSPS) is 17.8. The van der Waals surface area contributed by atoms with E-state index in [0.717, 1.165) is 15.7 Å². The van der Waals surface area contributed by atoms with Gasteiger partial charge in [0.15, 0.2) is 5.13 Å². The number of amides is 1. The van der Waals surface area contributed by atoms with E-state index >= 15 is 0 Å². The molecule has 2 heterocycles. The van der Waals surface area contributed by atoms with E-state index in [1.165, 1.54) is 18.4 Å². The first-order chi connectivity index (χ1) is 10.6. The van der Waals surface area contributed by atoms with Crippen LogP contribution in [0.4, 0.5) is 5.13 Å². The monoisotopic (exact) mass is 380 g/mol. The van der Waals surface area contributed by atoms with Gasteiger partial charge in [-0.1, -0.05) is 28.1 Å². The molecule has 0 spiro atoms. The van der Waals surface area contributed by atoms with E-state index in [4.69, 9.17) is 4.74 Å². The summed E-state index contributed by atoms with van der Waals surface area (Å²) < 4.78 is 5.72. The summed E-state index contributed by atoms with van der Waals surface area (Å²) in [5, 5.41) is 2.53. The fraction of sp³-hybridized carbons (Fsp3) is 0.267. The van der Waals surface area contributed by atoms with Crippen molar-refractivity contribution in [3.8, 4) is 11.3 Å². The second-order valence-corrected chi connectivity index (χ2v) is 6.70. The first-order valence-corrected chi connectivity index (χ1v) is 8.35. The SMILES string of the molecule is COC(=O)C1CC(=O)N(c2nc(-c3ccc(Br)cc3)cs2)C1. The number of halogens is 1. The van der Waals surface area contributed by atoms with Crippen LogP contribution in [0.2, 0.25) is 0 Å². The van der Waals surface area contributed by atoms with Crippen LogP contribution in [0, 0.1) is 5.92 Å². The summed E-state index contributed by atoms with van der Waals surface area (Å²) in [5.41, 5.74) is 1.81. The predicted molar refractivity (Wildman–Crippen MR) is 87.7 cm³/mol. The molecule has 1 aromatic heterocycles. The third-order valence-electron chi connectivity index (χ3n) is 3.52. The van der Waals surface area contributed by atoms with Crippen LogP contribution >= 0.6 is 27.3 Å². The van der Waals surface area contributed by atoms with Gasteiger partial charge >= 0.3 is 5.97 Å². The highest BCUT2D eigenvalue weighted by Crippen LogP contribution is 2.32. The van der Waals surface area contributed by atoms with Gasteiger partial charge in [-0.3, -0.25) is 14.5 Å². The molecule has 2 aromatic rings. The number of benzene rings is 1. The quantitative estimate of drug-likeness (QED) is 0.767. The van der Waals surface area contributed by atoms with Gasteiger partial charge in [-0.05, 0) is 12.1 Å². The van der Waals surface area contributed by atoms with Crippen LogP contribution in [0.25, 0.3) is 11.3 Å². The van der Waals surface area contributed by atoms with E-state index in [2.05, 4.69) is 20.9 Å². The number of methoxy groups -OCH3 is 1. The van der Waals surface area contributed by atoms with Gasteiger partial charge < -0.3 is 4.74 Å². The van der Waals surface area contributed by atoms with Crippen molar-refractivity contribution in [2.75, 3.05) is 18.6 Å². The zero-order chi connectivity index (χ0) is 15.7. The molecule has 0 bridgehead atoms. The van der Waals surface area contributed by atoms with Crippen molar-refractivity contribution in [2.24, 2.45) is 5.92 Å². The summed E-state index contributed by atoms with van der Waals surface area (Å²) in [7, 11) is 1.34. The van der Waals surface area contributed by atoms with Crippen molar-refractivity contribution >= 4 is 44.3 Å². The van der Waals surface area contributed by atoms with Crippen molar-refractivity contribution in [2.45, 2.75) is 6.42 Å². The van der Waals surface area contributed by atoms with Crippen molar-refractivity contribution in [3.63, 3.8) is 0 Å². The van der Waals surface area contributed by atoms with Gasteiger partial charge in [-0.2, -0.15) is 0 Å². The fourth-order valence-corrected chi connectivity index (χ4v) is 3.48. The van der Waals surface area contributed by atoms with E-state index in [-0.39, 0.29) is 18.3 Å². The highest BCUT2D eigenvalue weighted by molar-refractivity contribution is 9.10. The highest BCUT2D eigenvalue weighted by atomic mass is 79.9. The summed E-state index contributed by atoms with van der Waals surface area (Å²) in [6, 6.07) is 7.82. The molecule has 1 saturated heterocycles. The molecule has 0 N–H and O–H groups in total. The number of carbonyl (C=O) groups is 2. The minimum absolute atomic E-state index is 0.0906. The minimum Gasteiger partial charge on any atom is -0.469 e. The van der Waals surface area contributed by atoms with Crippen LogP contribution in [0.15, 0.2) is 34.1 Å². The number of hydrogen-bond acceptors (Lipinski definition) is 5. The van der Waals surface area contributed by atoms with Gasteiger partial charge in [0.1, 0.15) is 0 Å². The Balaban J connectivity index is 1.80. The predicted octanol–water partition coefficient (Wildman–Crippen LogP) is 3.10. The molecule has 3 rings (SSSR count). The summed E-state index contributed by atoms with van der Waals surface area (Å²) in [4.78, 5) is 29.7. The third-order valence-corrected chi connectivity index (χ3v) is 4.91. The summed E-state index contributed by atoms with van der Waals surface area (Å²) in [6.07, 6.45) is 0.180. The minimum atomic E-state index is -0.405. The second-order valence-electron chi connectivity index (χ2n) is 4.95. The van der Waals surface area contributed by atoms with E-state index in [1.807, 2.05) is 29.6 Å². The van der Waals surface area contributed by atoms with Gasteiger partial charge in [0.05, 0.1) is 18.7 Å². The maximum atomic E-state index is 12.1. The summed E-state index contributed by atoms with van der Waals surface area (Å²) in [5.74, 6) is -0.842. The Morgan fingerprint density at radius 3 is 2.82 bits per heavy atom. The molecular formula is C15H13BrN2O3S. The van der Waals surface area contributed by atoms with Gasteiger partial charge in [0.2, 0.25) is 5.91 Å². The van der Waals surface area contributed by atoms with E-state index in [9.17, 15) is 9.59 Å². The molecular weight excluding hydrogens is 368 g/mol. The Morgan fingerprint density at radius 2 is 2.14 bits per heavy atom. The van der Waals surface area contributed by atoms with Gasteiger partial charge in [0, 0.05) is 28.4 Å². The number of anilines is 1. The van der Waals surface area contributed by atoms with Crippen molar-refractivity contribution in [3.05, 3.63) is 34.1 Å². The van der Waals surface area contributed by atoms with Crippen LogP contribution in [0.3, 0.4) is 0 Å². The Hall–Kier alpha value is -1.73. The van der Waals surface area contributed by atoms with Crippen LogP contribution in [-0.4, -0.2) is 30.5 Å². The fourth-order valence-electron chi connectivity index (χ4n) is 2.36. The van der Waals surface area contributed by atoms with E-state index in [1.54, 1.807) is 4.90 Å². The molecule has 1 amide bonds. The third kappa shape index (κ3) is 2.91. The van der Waals surface area contributed by atoms with Gasteiger partial charge in [-0.25, -0.2) is 4.98 Å². The number of aromatic nitrogens is 1. The molecule has 7 heteroatoms. The number of hydrogen-bond donors (Lipinski definition) is 0. The smallest absolute Gasteiger partial charge is 0.311 e. The molecule has 0 aliphatic carbocycles. The maximum Gasteiger partial charge on any atom is 0.311 e. The lowest BCUT2D eigenvalue weighted by molar-refractivity contribution is -0.145. The van der Waals surface area contributed by atoms with E-state index < -0.39 is 5.92 Å². The first kappa shape index (κ1) is 15.2. The molecule has 1 aromatic carbocycles. The average molecular weight is 381 g/mol. The number of ether oxygens (including phenoxy) is 1. The summed E-state index contributed by atoms with van der Waals surface area (Å²) >= 11 is 4.80. The lowest BCUT2D eigenvalue weighted by Gasteiger charge is -2.12. The zero-order valence-electron chi connectivity index (χ0n) is 11.8.